The second-order valence-electron chi connectivity index (χ2n) is 5.35. The van der Waals surface area contributed by atoms with Gasteiger partial charge >= 0.3 is 0 Å². The zero-order valence-electron chi connectivity index (χ0n) is 12.4. The van der Waals surface area contributed by atoms with Gasteiger partial charge in [0.05, 0.1) is 24.8 Å². The molecule has 1 heterocycles. The van der Waals surface area contributed by atoms with Crippen molar-refractivity contribution in [3.8, 4) is 6.07 Å². The molecule has 4 nitrogen and oxygen atoms in total. The second kappa shape index (κ2) is 6.82. The van der Waals surface area contributed by atoms with Gasteiger partial charge in [0.15, 0.2) is 0 Å². The molecule has 0 N–H and O–H groups in total. The summed E-state index contributed by atoms with van der Waals surface area (Å²) in [7, 11) is 0. The maximum atomic E-state index is 12.6. The van der Waals surface area contributed by atoms with Gasteiger partial charge in [-0.2, -0.15) is 5.26 Å². The minimum absolute atomic E-state index is 0.0793. The fourth-order valence-electron chi connectivity index (χ4n) is 2.62. The van der Waals surface area contributed by atoms with Crippen molar-refractivity contribution in [1.82, 2.24) is 4.90 Å². The Bertz CT molecular complexity index is 752. The van der Waals surface area contributed by atoms with Crippen molar-refractivity contribution in [2.75, 3.05) is 19.7 Å². The van der Waals surface area contributed by atoms with Crippen molar-refractivity contribution < 1.29 is 9.53 Å². The smallest absolute Gasteiger partial charge is 0.254 e. The van der Waals surface area contributed by atoms with Gasteiger partial charge in [-0.1, -0.05) is 29.8 Å². The summed E-state index contributed by atoms with van der Waals surface area (Å²) in [4.78, 5) is 14.4. The van der Waals surface area contributed by atoms with Crippen molar-refractivity contribution in [2.24, 2.45) is 0 Å². The summed E-state index contributed by atoms with van der Waals surface area (Å²) in [6.07, 6.45) is -0.163. The normalized spacial score (nSPS) is 17.6. The number of carbonyl (C=O) groups excluding carboxylic acids is 1. The van der Waals surface area contributed by atoms with Gasteiger partial charge in [0, 0.05) is 17.1 Å². The molecule has 0 radical (unpaired) electrons. The average Bonchev–Trinajstić information content (AvgIpc) is 2.62. The van der Waals surface area contributed by atoms with Crippen LogP contribution in [-0.4, -0.2) is 30.5 Å². The number of amides is 1. The summed E-state index contributed by atoms with van der Waals surface area (Å²) in [6, 6.07) is 16.3. The van der Waals surface area contributed by atoms with Crippen LogP contribution in [0.25, 0.3) is 0 Å². The van der Waals surface area contributed by atoms with E-state index in [1.54, 1.807) is 29.2 Å². The third-order valence-electron chi connectivity index (χ3n) is 3.83. The zero-order chi connectivity index (χ0) is 16.2. The number of halogens is 1. The van der Waals surface area contributed by atoms with Gasteiger partial charge in [0.1, 0.15) is 6.10 Å². The van der Waals surface area contributed by atoms with E-state index in [1.165, 1.54) is 0 Å². The lowest BCUT2D eigenvalue weighted by Crippen LogP contribution is -2.42. The second-order valence-corrected chi connectivity index (χ2v) is 5.79. The molecule has 2 aromatic carbocycles. The fraction of sp³-hybridized carbons (Fsp3) is 0.222. The maximum Gasteiger partial charge on any atom is 0.254 e. The highest BCUT2D eigenvalue weighted by Crippen LogP contribution is 2.24. The molecule has 0 aliphatic carbocycles. The van der Waals surface area contributed by atoms with Crippen LogP contribution in [0.5, 0.6) is 0 Å². The Morgan fingerprint density at radius 3 is 2.78 bits per heavy atom. The first kappa shape index (κ1) is 15.5. The highest BCUT2D eigenvalue weighted by molar-refractivity contribution is 6.30. The molecule has 5 heteroatoms. The van der Waals surface area contributed by atoms with Crippen LogP contribution >= 0.6 is 11.6 Å². The van der Waals surface area contributed by atoms with E-state index < -0.39 is 0 Å². The summed E-state index contributed by atoms with van der Waals surface area (Å²) in [5, 5.41) is 9.63. The van der Waals surface area contributed by atoms with E-state index in [0.29, 0.717) is 35.8 Å². The van der Waals surface area contributed by atoms with Gasteiger partial charge < -0.3 is 9.64 Å². The van der Waals surface area contributed by atoms with Crippen molar-refractivity contribution in [3.05, 3.63) is 70.2 Å². The Balaban J connectivity index is 1.76. The largest absolute Gasteiger partial charge is 0.370 e. The number of carbonyl (C=O) groups is 1. The maximum absolute atomic E-state index is 12.6. The number of hydrogen-bond acceptors (Lipinski definition) is 3. The fourth-order valence-corrected chi connectivity index (χ4v) is 2.74. The van der Waals surface area contributed by atoms with Gasteiger partial charge in [0.25, 0.3) is 5.91 Å². The van der Waals surface area contributed by atoms with E-state index >= 15 is 0 Å². The topological polar surface area (TPSA) is 53.3 Å². The van der Waals surface area contributed by atoms with E-state index in [9.17, 15) is 4.79 Å². The van der Waals surface area contributed by atoms with Crippen LogP contribution in [0.1, 0.15) is 27.6 Å². The Kier molecular flexibility index (Phi) is 4.61. The standard InChI is InChI=1S/C18H15ClN2O2/c19-16-6-4-14(5-7-16)17-12-21(8-9-23-17)18(22)15-3-1-2-13(10-15)11-20/h1-7,10,17H,8-9,12H2. The van der Waals surface area contributed by atoms with Crippen LogP contribution in [-0.2, 0) is 4.74 Å². The van der Waals surface area contributed by atoms with E-state index in [-0.39, 0.29) is 12.0 Å². The number of nitrogens with zero attached hydrogens (tertiary/aromatic N) is 2. The number of nitriles is 1. The lowest BCUT2D eigenvalue weighted by Gasteiger charge is -2.33. The Hall–Kier alpha value is -2.35. The van der Waals surface area contributed by atoms with Crippen molar-refractivity contribution >= 4 is 17.5 Å². The van der Waals surface area contributed by atoms with E-state index in [2.05, 4.69) is 6.07 Å². The molecular formula is C18H15ClN2O2. The molecule has 2 aromatic rings. The highest BCUT2D eigenvalue weighted by atomic mass is 35.5. The highest BCUT2D eigenvalue weighted by Gasteiger charge is 2.26. The minimum Gasteiger partial charge on any atom is -0.370 e. The molecule has 1 fully saturated rings. The summed E-state index contributed by atoms with van der Waals surface area (Å²) in [6.45, 7) is 1.51. The molecule has 116 valence electrons. The monoisotopic (exact) mass is 326 g/mol. The number of rotatable bonds is 2. The average molecular weight is 327 g/mol. The zero-order valence-corrected chi connectivity index (χ0v) is 13.2. The lowest BCUT2D eigenvalue weighted by molar-refractivity contribution is -0.0228. The van der Waals surface area contributed by atoms with Crippen LogP contribution in [0.15, 0.2) is 48.5 Å². The van der Waals surface area contributed by atoms with Crippen molar-refractivity contribution in [2.45, 2.75) is 6.10 Å². The third kappa shape index (κ3) is 3.53. The molecule has 0 bridgehead atoms. The number of hydrogen-bond donors (Lipinski definition) is 0. The van der Waals surface area contributed by atoms with Crippen LogP contribution in [0.2, 0.25) is 5.02 Å². The first-order chi connectivity index (χ1) is 11.2. The van der Waals surface area contributed by atoms with E-state index in [1.807, 2.05) is 24.3 Å². The molecule has 0 spiro atoms. The van der Waals surface area contributed by atoms with Gasteiger partial charge in [-0.3, -0.25) is 4.79 Å². The summed E-state index contributed by atoms with van der Waals surface area (Å²) < 4.78 is 5.78. The first-order valence-corrected chi connectivity index (χ1v) is 7.71. The first-order valence-electron chi connectivity index (χ1n) is 7.34. The summed E-state index contributed by atoms with van der Waals surface area (Å²) >= 11 is 5.91. The molecule has 1 amide bonds. The van der Waals surface area contributed by atoms with Gasteiger partial charge in [-0.05, 0) is 35.9 Å². The SMILES string of the molecule is N#Cc1cccc(C(=O)N2CCOC(c3ccc(Cl)cc3)C2)c1. The van der Waals surface area contributed by atoms with Crippen molar-refractivity contribution in [1.29, 1.82) is 5.26 Å². The van der Waals surface area contributed by atoms with Crippen molar-refractivity contribution in [3.63, 3.8) is 0 Å². The molecule has 23 heavy (non-hydrogen) atoms. The summed E-state index contributed by atoms with van der Waals surface area (Å²) in [5.74, 6) is -0.0793. The molecule has 1 atom stereocenters. The van der Waals surface area contributed by atoms with Crippen LogP contribution in [0, 0.1) is 11.3 Å². The molecule has 3 rings (SSSR count). The molecule has 1 saturated heterocycles. The van der Waals surface area contributed by atoms with Crippen LogP contribution in [0.3, 0.4) is 0 Å². The Labute approximate surface area is 139 Å². The molecule has 0 aromatic heterocycles. The third-order valence-corrected chi connectivity index (χ3v) is 4.09. The quantitative estimate of drug-likeness (QED) is 0.849. The Morgan fingerprint density at radius 1 is 1.26 bits per heavy atom. The van der Waals surface area contributed by atoms with E-state index in [4.69, 9.17) is 21.6 Å². The van der Waals surface area contributed by atoms with Crippen LogP contribution < -0.4 is 0 Å². The van der Waals surface area contributed by atoms with Gasteiger partial charge in [0.2, 0.25) is 0 Å². The minimum atomic E-state index is -0.163. The van der Waals surface area contributed by atoms with Crippen LogP contribution in [0.4, 0.5) is 0 Å². The Morgan fingerprint density at radius 2 is 2.04 bits per heavy atom. The number of morpholine rings is 1. The molecule has 0 saturated carbocycles. The van der Waals surface area contributed by atoms with Gasteiger partial charge in [-0.15, -0.1) is 0 Å². The predicted octanol–water partition coefficient (Wildman–Crippen LogP) is 3.43. The summed E-state index contributed by atoms with van der Waals surface area (Å²) in [5.41, 5.74) is 2.01. The molecule has 1 aliphatic rings. The molecule has 1 unspecified atom stereocenters. The molecular weight excluding hydrogens is 312 g/mol. The lowest BCUT2D eigenvalue weighted by atomic mass is 10.1. The molecule has 1 aliphatic heterocycles. The number of benzene rings is 2. The predicted molar refractivity (Wildman–Crippen MR) is 87.2 cm³/mol. The van der Waals surface area contributed by atoms with E-state index in [0.717, 1.165) is 5.56 Å². The van der Waals surface area contributed by atoms with Gasteiger partial charge in [-0.25, -0.2) is 0 Å². The number of ether oxygens (including phenoxy) is 1.